The second kappa shape index (κ2) is 7.69. The standard InChI is InChI=1S/C11H25NS/c1-6-9(2)11(4)12-10(3)7-8-13-5/h9-12H,6-8H2,1-5H3. The van der Waals surface area contributed by atoms with Crippen molar-refractivity contribution in [3.05, 3.63) is 0 Å². The SMILES string of the molecule is CCC(C)C(C)NC(C)CCSC. The Kier molecular flexibility index (Phi) is 7.87. The van der Waals surface area contributed by atoms with Gasteiger partial charge in [-0.25, -0.2) is 0 Å². The first kappa shape index (κ1) is 13.3. The average molecular weight is 203 g/mol. The van der Waals surface area contributed by atoms with Crippen molar-refractivity contribution in [3.63, 3.8) is 0 Å². The van der Waals surface area contributed by atoms with Gasteiger partial charge in [-0.1, -0.05) is 20.3 Å². The van der Waals surface area contributed by atoms with Crippen LogP contribution in [0.25, 0.3) is 0 Å². The van der Waals surface area contributed by atoms with Crippen LogP contribution in [0.1, 0.15) is 40.5 Å². The molecular formula is C11H25NS. The van der Waals surface area contributed by atoms with Crippen LogP contribution in [0, 0.1) is 5.92 Å². The second-order valence-corrected chi connectivity index (χ2v) is 5.01. The van der Waals surface area contributed by atoms with Crippen molar-refractivity contribution in [3.8, 4) is 0 Å². The average Bonchev–Trinajstić information content (AvgIpc) is 2.13. The molecule has 0 aromatic carbocycles. The molecule has 0 amide bonds. The van der Waals surface area contributed by atoms with Gasteiger partial charge in [-0.15, -0.1) is 0 Å². The molecule has 0 rings (SSSR count). The molecule has 0 fully saturated rings. The normalized spacial score (nSPS) is 18.2. The van der Waals surface area contributed by atoms with Gasteiger partial charge in [-0.05, 0) is 38.2 Å². The summed E-state index contributed by atoms with van der Waals surface area (Å²) in [7, 11) is 0. The van der Waals surface area contributed by atoms with Gasteiger partial charge in [-0.2, -0.15) is 11.8 Å². The molecule has 0 heterocycles. The van der Waals surface area contributed by atoms with Gasteiger partial charge in [0.25, 0.3) is 0 Å². The van der Waals surface area contributed by atoms with E-state index in [9.17, 15) is 0 Å². The van der Waals surface area contributed by atoms with E-state index in [0.29, 0.717) is 12.1 Å². The zero-order valence-electron chi connectivity index (χ0n) is 9.76. The Bertz CT molecular complexity index is 117. The second-order valence-electron chi connectivity index (χ2n) is 4.02. The largest absolute Gasteiger partial charge is 0.311 e. The quantitative estimate of drug-likeness (QED) is 0.682. The van der Waals surface area contributed by atoms with E-state index in [4.69, 9.17) is 0 Å². The number of thioether (sulfide) groups is 1. The van der Waals surface area contributed by atoms with E-state index < -0.39 is 0 Å². The monoisotopic (exact) mass is 203 g/mol. The highest BCUT2D eigenvalue weighted by Crippen LogP contribution is 2.09. The predicted octanol–water partition coefficient (Wildman–Crippen LogP) is 3.15. The number of hydrogen-bond donors (Lipinski definition) is 1. The highest BCUT2D eigenvalue weighted by molar-refractivity contribution is 7.98. The van der Waals surface area contributed by atoms with Gasteiger partial charge in [-0.3, -0.25) is 0 Å². The Labute approximate surface area is 88.1 Å². The fraction of sp³-hybridized carbons (Fsp3) is 1.00. The van der Waals surface area contributed by atoms with Gasteiger partial charge >= 0.3 is 0 Å². The Balaban J connectivity index is 3.57. The molecule has 3 unspecified atom stereocenters. The van der Waals surface area contributed by atoms with Gasteiger partial charge < -0.3 is 5.32 Å². The van der Waals surface area contributed by atoms with Crippen molar-refractivity contribution < 1.29 is 0 Å². The van der Waals surface area contributed by atoms with Crippen molar-refractivity contribution in [2.45, 2.75) is 52.6 Å². The van der Waals surface area contributed by atoms with Crippen LogP contribution in [0.3, 0.4) is 0 Å². The van der Waals surface area contributed by atoms with Gasteiger partial charge in [0.2, 0.25) is 0 Å². The summed E-state index contributed by atoms with van der Waals surface area (Å²) in [5.41, 5.74) is 0. The van der Waals surface area contributed by atoms with Crippen LogP contribution >= 0.6 is 11.8 Å². The maximum atomic E-state index is 3.65. The lowest BCUT2D eigenvalue weighted by atomic mass is 10.00. The van der Waals surface area contributed by atoms with Crippen LogP contribution in [0.5, 0.6) is 0 Å². The van der Waals surface area contributed by atoms with Crippen LogP contribution in [-0.2, 0) is 0 Å². The zero-order valence-corrected chi connectivity index (χ0v) is 10.6. The van der Waals surface area contributed by atoms with E-state index in [-0.39, 0.29) is 0 Å². The topological polar surface area (TPSA) is 12.0 Å². The molecule has 0 aromatic rings. The summed E-state index contributed by atoms with van der Waals surface area (Å²) in [4.78, 5) is 0. The van der Waals surface area contributed by atoms with Crippen molar-refractivity contribution in [1.82, 2.24) is 5.32 Å². The molecule has 80 valence electrons. The minimum atomic E-state index is 0.654. The summed E-state index contributed by atoms with van der Waals surface area (Å²) in [6.45, 7) is 9.16. The summed E-state index contributed by atoms with van der Waals surface area (Å²) >= 11 is 1.93. The molecular weight excluding hydrogens is 178 g/mol. The van der Waals surface area contributed by atoms with Crippen molar-refractivity contribution in [2.75, 3.05) is 12.0 Å². The van der Waals surface area contributed by atoms with E-state index in [0.717, 1.165) is 5.92 Å². The molecule has 0 spiro atoms. The van der Waals surface area contributed by atoms with Crippen molar-refractivity contribution in [2.24, 2.45) is 5.92 Å². The summed E-state index contributed by atoms with van der Waals surface area (Å²) < 4.78 is 0. The third-order valence-electron chi connectivity index (χ3n) is 2.80. The first-order chi connectivity index (χ1) is 6.11. The van der Waals surface area contributed by atoms with Crippen LogP contribution in [0.15, 0.2) is 0 Å². The zero-order chi connectivity index (χ0) is 10.3. The third kappa shape index (κ3) is 6.39. The van der Waals surface area contributed by atoms with E-state index in [1.165, 1.54) is 18.6 Å². The highest BCUT2D eigenvalue weighted by atomic mass is 32.2. The molecule has 1 N–H and O–H groups in total. The Morgan fingerprint density at radius 3 is 2.31 bits per heavy atom. The smallest absolute Gasteiger partial charge is 0.00667 e. The predicted molar refractivity (Wildman–Crippen MR) is 64.5 cm³/mol. The first-order valence-corrected chi connectivity index (χ1v) is 6.76. The van der Waals surface area contributed by atoms with Gasteiger partial charge in [0, 0.05) is 12.1 Å². The number of nitrogens with one attached hydrogen (secondary N) is 1. The maximum absolute atomic E-state index is 3.65. The lowest BCUT2D eigenvalue weighted by Crippen LogP contribution is -2.38. The fourth-order valence-electron chi connectivity index (χ4n) is 1.34. The van der Waals surface area contributed by atoms with Gasteiger partial charge in [0.05, 0.1) is 0 Å². The molecule has 0 bridgehead atoms. The minimum Gasteiger partial charge on any atom is -0.311 e. The van der Waals surface area contributed by atoms with E-state index in [1.807, 2.05) is 11.8 Å². The molecule has 0 aliphatic heterocycles. The number of hydrogen-bond acceptors (Lipinski definition) is 2. The van der Waals surface area contributed by atoms with Crippen LogP contribution in [0.2, 0.25) is 0 Å². The molecule has 0 saturated carbocycles. The molecule has 0 aromatic heterocycles. The lowest BCUT2D eigenvalue weighted by molar-refractivity contribution is 0.353. The van der Waals surface area contributed by atoms with E-state index in [1.54, 1.807) is 0 Å². The summed E-state index contributed by atoms with van der Waals surface area (Å²) in [6.07, 6.45) is 4.72. The van der Waals surface area contributed by atoms with Crippen LogP contribution < -0.4 is 5.32 Å². The van der Waals surface area contributed by atoms with E-state index in [2.05, 4.69) is 39.3 Å². The fourth-order valence-corrected chi connectivity index (χ4v) is 1.93. The maximum Gasteiger partial charge on any atom is 0.00667 e. The molecule has 3 atom stereocenters. The molecule has 1 nitrogen and oxygen atoms in total. The third-order valence-corrected chi connectivity index (χ3v) is 3.44. The van der Waals surface area contributed by atoms with Crippen LogP contribution in [-0.4, -0.2) is 24.1 Å². The van der Waals surface area contributed by atoms with Gasteiger partial charge in [0.1, 0.15) is 0 Å². The Morgan fingerprint density at radius 2 is 1.85 bits per heavy atom. The molecule has 0 aliphatic rings. The summed E-state index contributed by atoms with van der Waals surface area (Å²) in [6, 6.07) is 1.32. The lowest BCUT2D eigenvalue weighted by Gasteiger charge is -2.24. The molecule has 0 radical (unpaired) electrons. The van der Waals surface area contributed by atoms with E-state index >= 15 is 0 Å². The summed E-state index contributed by atoms with van der Waals surface area (Å²) in [5, 5.41) is 3.65. The molecule has 13 heavy (non-hydrogen) atoms. The Morgan fingerprint density at radius 1 is 1.23 bits per heavy atom. The first-order valence-electron chi connectivity index (χ1n) is 5.36. The summed E-state index contributed by atoms with van der Waals surface area (Å²) in [5.74, 6) is 2.05. The molecule has 0 saturated heterocycles. The van der Waals surface area contributed by atoms with Crippen molar-refractivity contribution >= 4 is 11.8 Å². The van der Waals surface area contributed by atoms with Crippen LogP contribution in [0.4, 0.5) is 0 Å². The Hall–Kier alpha value is 0.310. The minimum absolute atomic E-state index is 0.654. The molecule has 0 aliphatic carbocycles. The van der Waals surface area contributed by atoms with Gasteiger partial charge in [0.15, 0.2) is 0 Å². The highest BCUT2D eigenvalue weighted by Gasteiger charge is 2.12. The molecule has 2 heteroatoms. The number of rotatable bonds is 7. The van der Waals surface area contributed by atoms with Crippen molar-refractivity contribution in [1.29, 1.82) is 0 Å².